The number of aromatic nitrogens is 3. The van der Waals surface area contributed by atoms with Crippen LogP contribution in [0.25, 0.3) is 10.8 Å². The molecule has 1 fully saturated rings. The van der Waals surface area contributed by atoms with E-state index in [1.807, 2.05) is 18.6 Å². The molecule has 6 heteroatoms. The molecule has 0 unspecified atom stereocenters. The van der Waals surface area contributed by atoms with Crippen molar-refractivity contribution in [3.05, 3.63) is 54.5 Å². The van der Waals surface area contributed by atoms with Crippen molar-refractivity contribution in [2.24, 2.45) is 0 Å². The molecule has 1 N–H and O–H groups in total. The quantitative estimate of drug-likeness (QED) is 0.727. The van der Waals surface area contributed by atoms with Gasteiger partial charge in [0, 0.05) is 68.8 Å². The van der Waals surface area contributed by atoms with Gasteiger partial charge in [-0.1, -0.05) is 31.2 Å². The molecule has 0 spiro atoms. The number of hydrogen-bond acceptors (Lipinski definition) is 6. The van der Waals surface area contributed by atoms with E-state index >= 15 is 0 Å². The van der Waals surface area contributed by atoms with Crippen LogP contribution in [0.5, 0.6) is 0 Å². The first kappa shape index (κ1) is 17.7. The smallest absolute Gasteiger partial charge is 0.222 e. The van der Waals surface area contributed by atoms with Crippen LogP contribution in [0.15, 0.2) is 48.9 Å². The van der Waals surface area contributed by atoms with Crippen molar-refractivity contribution in [2.75, 3.05) is 42.9 Å². The van der Waals surface area contributed by atoms with Gasteiger partial charge < -0.3 is 10.2 Å². The second kappa shape index (κ2) is 8.31. The SMILES string of the molecule is CCCNc1ncc(CN2CCN(c3nccc4ccccc34)CC2)cn1. The number of nitrogens with zero attached hydrogens (tertiary/aromatic N) is 5. The second-order valence-electron chi connectivity index (χ2n) is 6.96. The minimum atomic E-state index is 0.715. The van der Waals surface area contributed by atoms with Crippen LogP contribution in [0.2, 0.25) is 0 Å². The summed E-state index contributed by atoms with van der Waals surface area (Å²) in [6, 6.07) is 10.6. The maximum atomic E-state index is 4.65. The first-order chi connectivity index (χ1) is 13.3. The summed E-state index contributed by atoms with van der Waals surface area (Å²) in [5.74, 6) is 1.81. The molecule has 2 aromatic heterocycles. The van der Waals surface area contributed by atoms with Crippen LogP contribution in [0.3, 0.4) is 0 Å². The minimum Gasteiger partial charge on any atom is -0.354 e. The predicted octanol–water partition coefficient (Wildman–Crippen LogP) is 3.17. The molecule has 0 radical (unpaired) electrons. The molecule has 0 bridgehead atoms. The molecule has 1 aliphatic heterocycles. The highest BCUT2D eigenvalue weighted by atomic mass is 15.3. The van der Waals surface area contributed by atoms with Gasteiger partial charge >= 0.3 is 0 Å². The third kappa shape index (κ3) is 4.17. The van der Waals surface area contributed by atoms with Crippen LogP contribution in [-0.2, 0) is 6.54 Å². The van der Waals surface area contributed by atoms with Crippen LogP contribution in [-0.4, -0.2) is 52.6 Å². The van der Waals surface area contributed by atoms with Gasteiger partial charge in [0.15, 0.2) is 0 Å². The molecule has 0 amide bonds. The molecule has 1 aliphatic rings. The Hall–Kier alpha value is -2.73. The van der Waals surface area contributed by atoms with E-state index in [9.17, 15) is 0 Å². The maximum Gasteiger partial charge on any atom is 0.222 e. The van der Waals surface area contributed by atoms with Crippen molar-refractivity contribution in [1.29, 1.82) is 0 Å². The lowest BCUT2D eigenvalue weighted by Crippen LogP contribution is -2.46. The largest absolute Gasteiger partial charge is 0.354 e. The van der Waals surface area contributed by atoms with Crippen molar-refractivity contribution >= 4 is 22.5 Å². The maximum absolute atomic E-state index is 4.65. The number of piperazine rings is 1. The number of anilines is 2. The molecule has 27 heavy (non-hydrogen) atoms. The Morgan fingerprint density at radius 1 is 0.963 bits per heavy atom. The molecular weight excluding hydrogens is 336 g/mol. The zero-order valence-electron chi connectivity index (χ0n) is 15.8. The van der Waals surface area contributed by atoms with Gasteiger partial charge in [0.2, 0.25) is 5.95 Å². The molecule has 3 heterocycles. The lowest BCUT2D eigenvalue weighted by atomic mass is 10.1. The van der Waals surface area contributed by atoms with Crippen LogP contribution in [0.4, 0.5) is 11.8 Å². The van der Waals surface area contributed by atoms with Gasteiger partial charge in [0.05, 0.1) is 0 Å². The average Bonchev–Trinajstić information content (AvgIpc) is 2.73. The zero-order valence-corrected chi connectivity index (χ0v) is 15.8. The number of hydrogen-bond donors (Lipinski definition) is 1. The van der Waals surface area contributed by atoms with Crippen molar-refractivity contribution in [2.45, 2.75) is 19.9 Å². The highest BCUT2D eigenvalue weighted by Crippen LogP contribution is 2.25. The average molecular weight is 362 g/mol. The van der Waals surface area contributed by atoms with E-state index < -0.39 is 0 Å². The molecule has 0 saturated carbocycles. The second-order valence-corrected chi connectivity index (χ2v) is 6.96. The third-order valence-corrected chi connectivity index (χ3v) is 4.97. The highest BCUT2D eigenvalue weighted by Gasteiger charge is 2.19. The third-order valence-electron chi connectivity index (χ3n) is 4.97. The van der Waals surface area contributed by atoms with E-state index in [1.165, 1.54) is 10.8 Å². The predicted molar refractivity (Wildman–Crippen MR) is 110 cm³/mol. The van der Waals surface area contributed by atoms with Crippen molar-refractivity contribution in [3.8, 4) is 0 Å². The molecule has 4 rings (SSSR count). The first-order valence-corrected chi connectivity index (χ1v) is 9.69. The van der Waals surface area contributed by atoms with Gasteiger partial charge in [-0.15, -0.1) is 0 Å². The van der Waals surface area contributed by atoms with E-state index in [0.29, 0.717) is 5.95 Å². The Labute approximate surface area is 160 Å². The summed E-state index contributed by atoms with van der Waals surface area (Å²) in [6.07, 6.45) is 6.85. The molecule has 0 atom stereocenters. The minimum absolute atomic E-state index is 0.715. The molecule has 0 aliphatic carbocycles. The fourth-order valence-corrected chi connectivity index (χ4v) is 3.50. The Kier molecular flexibility index (Phi) is 5.44. The monoisotopic (exact) mass is 362 g/mol. The van der Waals surface area contributed by atoms with Crippen molar-refractivity contribution < 1.29 is 0 Å². The van der Waals surface area contributed by atoms with E-state index in [0.717, 1.165) is 57.1 Å². The summed E-state index contributed by atoms with van der Waals surface area (Å²) in [7, 11) is 0. The van der Waals surface area contributed by atoms with E-state index in [1.54, 1.807) is 0 Å². The lowest BCUT2D eigenvalue weighted by Gasteiger charge is -2.35. The van der Waals surface area contributed by atoms with E-state index in [2.05, 4.69) is 67.3 Å². The number of benzene rings is 1. The van der Waals surface area contributed by atoms with Gasteiger partial charge in [-0.3, -0.25) is 4.90 Å². The summed E-state index contributed by atoms with van der Waals surface area (Å²) in [4.78, 5) is 18.3. The Balaban J connectivity index is 1.36. The summed E-state index contributed by atoms with van der Waals surface area (Å²) < 4.78 is 0. The first-order valence-electron chi connectivity index (χ1n) is 9.69. The van der Waals surface area contributed by atoms with Crippen molar-refractivity contribution in [3.63, 3.8) is 0 Å². The summed E-state index contributed by atoms with van der Waals surface area (Å²) in [5, 5.41) is 5.70. The molecule has 1 aromatic carbocycles. The number of rotatable bonds is 6. The van der Waals surface area contributed by atoms with Gasteiger partial charge in [-0.05, 0) is 17.9 Å². The van der Waals surface area contributed by atoms with Crippen LogP contribution in [0, 0.1) is 0 Å². The van der Waals surface area contributed by atoms with Gasteiger partial charge in [-0.2, -0.15) is 0 Å². The lowest BCUT2D eigenvalue weighted by molar-refractivity contribution is 0.249. The Bertz CT molecular complexity index is 866. The van der Waals surface area contributed by atoms with E-state index in [4.69, 9.17) is 0 Å². The fourth-order valence-electron chi connectivity index (χ4n) is 3.50. The normalized spacial score (nSPS) is 15.2. The van der Waals surface area contributed by atoms with Crippen LogP contribution in [0.1, 0.15) is 18.9 Å². The molecule has 3 aromatic rings. The zero-order chi connectivity index (χ0) is 18.5. The molecule has 1 saturated heterocycles. The number of pyridine rings is 1. The van der Waals surface area contributed by atoms with Gasteiger partial charge in [0.1, 0.15) is 5.82 Å². The summed E-state index contributed by atoms with van der Waals surface area (Å²) in [6.45, 7) is 7.93. The molecule has 6 nitrogen and oxygen atoms in total. The fraction of sp³-hybridized carbons (Fsp3) is 0.381. The van der Waals surface area contributed by atoms with Gasteiger partial charge in [-0.25, -0.2) is 15.0 Å². The molecule has 140 valence electrons. The number of nitrogens with one attached hydrogen (secondary N) is 1. The van der Waals surface area contributed by atoms with E-state index in [-0.39, 0.29) is 0 Å². The topological polar surface area (TPSA) is 57.2 Å². The Morgan fingerprint density at radius 2 is 1.74 bits per heavy atom. The highest BCUT2D eigenvalue weighted by molar-refractivity contribution is 5.92. The molecular formula is C21H26N6. The van der Waals surface area contributed by atoms with Crippen molar-refractivity contribution in [1.82, 2.24) is 19.9 Å². The Morgan fingerprint density at radius 3 is 2.52 bits per heavy atom. The standard InChI is InChI=1S/C21H26N6/c1-2-8-23-21-24-14-17(15-25-21)16-26-10-12-27(13-11-26)20-19-6-4-3-5-18(19)7-9-22-20/h3-7,9,14-15H,2,8,10-13,16H2,1H3,(H,23,24,25). The summed E-state index contributed by atoms with van der Waals surface area (Å²) >= 11 is 0. The number of fused-ring (bicyclic) bond motifs is 1. The van der Waals surface area contributed by atoms with Gasteiger partial charge in [0.25, 0.3) is 0 Å². The van der Waals surface area contributed by atoms with Crippen LogP contribution < -0.4 is 10.2 Å². The summed E-state index contributed by atoms with van der Waals surface area (Å²) in [5.41, 5.74) is 1.16. The van der Waals surface area contributed by atoms with Crippen LogP contribution >= 0.6 is 0 Å².